The Bertz CT molecular complexity index is 1470. The van der Waals surface area contributed by atoms with Crippen molar-refractivity contribution in [1.29, 1.82) is 0 Å². The molecule has 10 nitrogen and oxygen atoms in total. The van der Waals surface area contributed by atoms with Gasteiger partial charge in [-0.15, -0.1) is 5.10 Å². The molecule has 1 aromatic carbocycles. The number of carbonyl (C=O) groups excluding carboxylic acids is 1. The summed E-state index contributed by atoms with van der Waals surface area (Å²) in [6.07, 6.45) is 10.6. The van der Waals surface area contributed by atoms with E-state index in [1.54, 1.807) is 12.3 Å². The zero-order valence-corrected chi connectivity index (χ0v) is 20.5. The second-order valence-corrected chi connectivity index (χ2v) is 10.5. The van der Waals surface area contributed by atoms with E-state index < -0.39 is 21.1 Å². The fraction of sp³-hybridized carbons (Fsp3) is 0.280. The van der Waals surface area contributed by atoms with Gasteiger partial charge in [-0.2, -0.15) is 13.5 Å². The van der Waals surface area contributed by atoms with Gasteiger partial charge in [0, 0.05) is 17.8 Å². The van der Waals surface area contributed by atoms with Crippen molar-refractivity contribution in [2.45, 2.75) is 50.2 Å². The fourth-order valence-electron chi connectivity index (χ4n) is 4.41. The van der Waals surface area contributed by atoms with Gasteiger partial charge < -0.3 is 15.8 Å². The molecule has 0 bridgehead atoms. The number of aryl methyl sites for hydroxylation is 2. The summed E-state index contributed by atoms with van der Waals surface area (Å²) in [7, 11) is -4.28. The van der Waals surface area contributed by atoms with Crippen LogP contribution in [0.15, 0.2) is 47.9 Å². The Balaban J connectivity index is 1.46. The third-order valence-electron chi connectivity index (χ3n) is 6.11. The average Bonchev–Trinajstić information content (AvgIpc) is 3.52. The summed E-state index contributed by atoms with van der Waals surface area (Å²) in [5, 5.41) is 9.81. The molecular weight excluding hydrogens is 480 g/mol. The number of rotatable bonds is 7. The fourth-order valence-corrected chi connectivity index (χ4v) is 5.24. The molecule has 2 aliphatic rings. The molecule has 36 heavy (non-hydrogen) atoms. The normalized spacial score (nSPS) is 15.0. The van der Waals surface area contributed by atoms with Gasteiger partial charge in [-0.3, -0.25) is 4.98 Å². The summed E-state index contributed by atoms with van der Waals surface area (Å²) in [4.78, 5) is 17.3. The van der Waals surface area contributed by atoms with Crippen molar-refractivity contribution < 1.29 is 17.9 Å². The highest BCUT2D eigenvalue weighted by Gasteiger charge is 2.27. The summed E-state index contributed by atoms with van der Waals surface area (Å²) in [5.74, 6) is 0.298. The van der Waals surface area contributed by atoms with Gasteiger partial charge in [0.05, 0.1) is 23.7 Å². The molecule has 1 fully saturated rings. The quantitative estimate of drug-likeness (QED) is 0.442. The number of nitrogens with one attached hydrogen (secondary N) is 2. The number of sulfonamides is 1. The van der Waals surface area contributed by atoms with Crippen LogP contribution in [0.4, 0.5) is 10.5 Å². The lowest BCUT2D eigenvalue weighted by Gasteiger charge is -2.19. The van der Waals surface area contributed by atoms with Gasteiger partial charge >= 0.3 is 6.03 Å². The smallest absolute Gasteiger partial charge is 0.333 e. The summed E-state index contributed by atoms with van der Waals surface area (Å²) < 4.78 is 33.5. The van der Waals surface area contributed by atoms with E-state index in [9.17, 15) is 13.2 Å². The van der Waals surface area contributed by atoms with E-state index in [1.165, 1.54) is 18.5 Å². The van der Waals surface area contributed by atoms with E-state index in [-0.39, 0.29) is 6.10 Å². The highest BCUT2D eigenvalue weighted by atomic mass is 32.2. The van der Waals surface area contributed by atoms with Crippen LogP contribution in [0, 0.1) is 6.92 Å². The molecule has 186 valence electrons. The average molecular weight is 507 g/mol. The Morgan fingerprint density at radius 2 is 2.06 bits per heavy atom. The lowest BCUT2D eigenvalue weighted by Crippen LogP contribution is -2.35. The lowest BCUT2D eigenvalue weighted by molar-refractivity contribution is 0.256. The second-order valence-electron chi connectivity index (χ2n) is 8.87. The van der Waals surface area contributed by atoms with Crippen LogP contribution in [0.3, 0.4) is 0 Å². The molecule has 0 atom stereocenters. The zero-order chi connectivity index (χ0) is 25.3. The number of hydrogen-bond donors (Lipinski definition) is 3. The van der Waals surface area contributed by atoms with E-state index >= 15 is 0 Å². The lowest BCUT2D eigenvalue weighted by atomic mass is 9.93. The highest BCUT2D eigenvalue weighted by Crippen LogP contribution is 2.40. The molecule has 2 heterocycles. The van der Waals surface area contributed by atoms with Crippen molar-refractivity contribution in [3.8, 4) is 16.9 Å². The summed E-state index contributed by atoms with van der Waals surface area (Å²) >= 11 is 0. The van der Waals surface area contributed by atoms with E-state index in [2.05, 4.69) is 31.3 Å². The van der Waals surface area contributed by atoms with E-state index in [0.29, 0.717) is 17.1 Å². The van der Waals surface area contributed by atoms with Crippen LogP contribution >= 0.6 is 0 Å². The number of carbonyl (C=O) groups is 1. The third kappa shape index (κ3) is 5.01. The topological polar surface area (TPSA) is 149 Å². The predicted octanol–water partition coefficient (Wildman–Crippen LogP) is 3.32. The molecule has 0 saturated heterocycles. The minimum atomic E-state index is -4.28. The van der Waals surface area contributed by atoms with Crippen LogP contribution in [0.5, 0.6) is 5.75 Å². The molecule has 0 spiro atoms. The van der Waals surface area contributed by atoms with Gasteiger partial charge in [0.1, 0.15) is 5.75 Å². The number of urea groups is 1. The molecule has 0 aliphatic heterocycles. The highest BCUT2D eigenvalue weighted by molar-refractivity contribution is 7.90. The minimum absolute atomic E-state index is 0.0666. The van der Waals surface area contributed by atoms with Crippen LogP contribution in [0.25, 0.3) is 17.2 Å². The standard InChI is InChI=1S/C25H26N6O4S/c1-15-11-16-3-2-4-21(16)24(23(15)17-8-10-27-18(12-17)7-9-26)29-25(32)31-36(33,34)22-13-20(14-28-30-22)35-19-5-6-19/h7-14,19H,2-6,26H2,1H3,(H2,29,31,32)/b9-7-. The van der Waals surface area contributed by atoms with Crippen molar-refractivity contribution in [1.82, 2.24) is 19.9 Å². The van der Waals surface area contributed by atoms with Crippen LogP contribution in [-0.4, -0.2) is 35.7 Å². The number of pyridine rings is 1. The number of ether oxygens (including phenoxy) is 1. The number of benzene rings is 1. The van der Waals surface area contributed by atoms with Gasteiger partial charge in [-0.25, -0.2) is 9.52 Å². The zero-order valence-electron chi connectivity index (χ0n) is 19.7. The maximum atomic E-state index is 13.0. The molecule has 1 saturated carbocycles. The summed E-state index contributed by atoms with van der Waals surface area (Å²) in [5.41, 5.74) is 11.5. The van der Waals surface area contributed by atoms with Gasteiger partial charge in [0.2, 0.25) is 5.03 Å². The summed E-state index contributed by atoms with van der Waals surface area (Å²) in [6, 6.07) is 6.21. The SMILES string of the molecule is Cc1cc2c(c(NC(=O)NS(=O)(=O)c3cc(OC4CC4)cnn3)c1-c1ccnc(/C=C\N)c1)CCC2. The minimum Gasteiger partial charge on any atom is -0.489 e. The Kier molecular flexibility index (Phi) is 6.31. The first-order chi connectivity index (χ1) is 17.3. The molecule has 2 amide bonds. The Hall–Kier alpha value is -3.99. The number of amides is 2. The Morgan fingerprint density at radius 1 is 1.22 bits per heavy atom. The third-order valence-corrected chi connectivity index (χ3v) is 7.31. The molecule has 11 heteroatoms. The Labute approximate surface area is 209 Å². The van der Waals surface area contributed by atoms with Crippen molar-refractivity contribution >= 4 is 27.8 Å². The van der Waals surface area contributed by atoms with Crippen LogP contribution < -0.4 is 20.5 Å². The van der Waals surface area contributed by atoms with Crippen molar-refractivity contribution in [3.63, 3.8) is 0 Å². The first-order valence-electron chi connectivity index (χ1n) is 11.7. The molecular formula is C25H26N6O4S. The van der Waals surface area contributed by atoms with E-state index in [0.717, 1.165) is 59.9 Å². The van der Waals surface area contributed by atoms with Crippen molar-refractivity contribution in [2.75, 3.05) is 5.32 Å². The number of fused-ring (bicyclic) bond motifs is 1. The monoisotopic (exact) mass is 506 g/mol. The largest absolute Gasteiger partial charge is 0.489 e. The molecule has 5 rings (SSSR count). The Morgan fingerprint density at radius 3 is 2.83 bits per heavy atom. The number of nitrogens with two attached hydrogens (primary N) is 1. The van der Waals surface area contributed by atoms with Crippen LogP contribution in [0.1, 0.15) is 41.6 Å². The first-order valence-corrected chi connectivity index (χ1v) is 13.2. The molecule has 2 aliphatic carbocycles. The number of hydrogen-bond acceptors (Lipinski definition) is 8. The van der Waals surface area contributed by atoms with Gasteiger partial charge in [-0.05, 0) is 85.7 Å². The van der Waals surface area contributed by atoms with Crippen molar-refractivity contribution in [3.05, 3.63) is 65.2 Å². The number of aromatic nitrogens is 3. The number of nitrogens with zero attached hydrogens (tertiary/aromatic N) is 3. The summed E-state index contributed by atoms with van der Waals surface area (Å²) in [6.45, 7) is 1.97. The maximum absolute atomic E-state index is 13.0. The molecule has 4 N–H and O–H groups in total. The molecule has 3 aromatic rings. The maximum Gasteiger partial charge on any atom is 0.333 e. The second kappa shape index (κ2) is 9.57. The van der Waals surface area contributed by atoms with Gasteiger partial charge in [0.15, 0.2) is 0 Å². The first kappa shape index (κ1) is 23.7. The number of anilines is 1. The van der Waals surface area contributed by atoms with E-state index in [4.69, 9.17) is 10.5 Å². The van der Waals surface area contributed by atoms with Gasteiger partial charge in [0.25, 0.3) is 10.0 Å². The van der Waals surface area contributed by atoms with E-state index in [1.807, 2.05) is 19.1 Å². The molecule has 0 radical (unpaired) electrons. The van der Waals surface area contributed by atoms with Crippen LogP contribution in [0.2, 0.25) is 0 Å². The molecule has 0 unspecified atom stereocenters. The van der Waals surface area contributed by atoms with Crippen LogP contribution in [-0.2, 0) is 22.9 Å². The van der Waals surface area contributed by atoms with Crippen molar-refractivity contribution in [2.24, 2.45) is 5.73 Å². The van der Waals surface area contributed by atoms with Gasteiger partial charge in [-0.1, -0.05) is 6.07 Å². The molecule has 2 aromatic heterocycles. The predicted molar refractivity (Wildman–Crippen MR) is 135 cm³/mol.